The van der Waals surface area contributed by atoms with Crippen molar-refractivity contribution in [1.29, 1.82) is 0 Å². The SMILES string of the molecule is F[B-](F)(F)F.[H+].c1ccc([S+](c2ccccc2)c2ccccc2)cc1. The molecule has 0 nitrogen and oxygen atoms in total. The van der Waals surface area contributed by atoms with E-state index in [4.69, 9.17) is 0 Å². The van der Waals surface area contributed by atoms with Crippen molar-refractivity contribution in [1.82, 2.24) is 0 Å². The Morgan fingerprint density at radius 3 is 0.917 bits per heavy atom. The molecule has 0 aliphatic heterocycles. The fourth-order valence-corrected chi connectivity index (χ4v) is 4.18. The van der Waals surface area contributed by atoms with Gasteiger partial charge in [-0.05, 0) is 36.4 Å². The summed E-state index contributed by atoms with van der Waals surface area (Å²) >= 11 is 0. The van der Waals surface area contributed by atoms with E-state index in [1.807, 2.05) is 0 Å². The molecule has 0 aliphatic carbocycles. The van der Waals surface area contributed by atoms with Gasteiger partial charge in [-0.25, -0.2) is 0 Å². The number of hydrogen-bond donors (Lipinski definition) is 0. The lowest BCUT2D eigenvalue weighted by atomic mass is 10.3. The average molecular weight is 351 g/mol. The largest absolute Gasteiger partial charge is 1.00 e. The normalized spacial score (nSPS) is 10.9. The van der Waals surface area contributed by atoms with Crippen molar-refractivity contribution in [2.75, 3.05) is 0 Å². The summed E-state index contributed by atoms with van der Waals surface area (Å²) < 4.78 is 39.0. The zero-order valence-corrected chi connectivity index (χ0v) is 13.5. The van der Waals surface area contributed by atoms with E-state index in [9.17, 15) is 17.3 Å². The highest BCUT2D eigenvalue weighted by atomic mass is 32.2. The summed E-state index contributed by atoms with van der Waals surface area (Å²) in [6.45, 7) is 0. The highest BCUT2D eigenvalue weighted by Crippen LogP contribution is 2.30. The average Bonchev–Trinajstić information content (AvgIpc) is 2.57. The summed E-state index contributed by atoms with van der Waals surface area (Å²) in [4.78, 5) is 4.08. The molecule has 6 heteroatoms. The molecule has 0 amide bonds. The lowest BCUT2D eigenvalue weighted by molar-refractivity contribution is 0.368. The van der Waals surface area contributed by atoms with Gasteiger partial charge in [0.25, 0.3) is 0 Å². The van der Waals surface area contributed by atoms with E-state index in [2.05, 4.69) is 91.0 Å². The van der Waals surface area contributed by atoms with Crippen molar-refractivity contribution in [2.24, 2.45) is 0 Å². The van der Waals surface area contributed by atoms with E-state index >= 15 is 0 Å². The predicted octanol–water partition coefficient (Wildman–Crippen LogP) is 6.19. The van der Waals surface area contributed by atoms with Gasteiger partial charge in [-0.3, -0.25) is 0 Å². The first-order valence-corrected chi connectivity index (χ1v) is 8.44. The van der Waals surface area contributed by atoms with Crippen molar-refractivity contribution in [3.05, 3.63) is 91.0 Å². The Balaban J connectivity index is 0.000000462. The Morgan fingerprint density at radius 2 is 0.708 bits per heavy atom. The van der Waals surface area contributed by atoms with E-state index < -0.39 is 7.25 Å². The van der Waals surface area contributed by atoms with Crippen molar-refractivity contribution < 1.29 is 18.7 Å². The third-order valence-corrected chi connectivity index (χ3v) is 5.17. The Bertz CT molecular complexity index is 624. The fourth-order valence-electron chi connectivity index (χ4n) is 2.08. The lowest BCUT2D eigenvalue weighted by Crippen LogP contribution is -2.04. The van der Waals surface area contributed by atoms with Crippen molar-refractivity contribution >= 4 is 18.1 Å². The molecule has 0 spiro atoms. The molecule has 0 aromatic heterocycles. The van der Waals surface area contributed by atoms with Crippen LogP contribution in [0.15, 0.2) is 106 Å². The zero-order chi connectivity index (χ0) is 17.4. The molecule has 0 saturated heterocycles. The van der Waals surface area contributed by atoms with Gasteiger partial charge in [0.05, 0.1) is 10.9 Å². The van der Waals surface area contributed by atoms with E-state index in [1.165, 1.54) is 14.7 Å². The Hall–Kier alpha value is -2.21. The molecule has 3 rings (SSSR count). The maximum Gasteiger partial charge on any atom is 1.00 e. The van der Waals surface area contributed by atoms with Crippen molar-refractivity contribution in [2.45, 2.75) is 14.7 Å². The maximum absolute atomic E-state index is 9.75. The molecular weight excluding hydrogens is 335 g/mol. The molecule has 0 bridgehead atoms. The van der Waals surface area contributed by atoms with Gasteiger partial charge in [-0.15, -0.1) is 0 Å². The van der Waals surface area contributed by atoms with Crippen LogP contribution in [0.4, 0.5) is 17.3 Å². The van der Waals surface area contributed by atoms with Gasteiger partial charge in [0.1, 0.15) is 0 Å². The second-order valence-corrected chi connectivity index (χ2v) is 6.77. The van der Waals surface area contributed by atoms with Crippen LogP contribution in [0.1, 0.15) is 1.43 Å². The monoisotopic (exact) mass is 351 g/mol. The van der Waals surface area contributed by atoms with Crippen LogP contribution in [0, 0.1) is 0 Å². The van der Waals surface area contributed by atoms with Gasteiger partial charge in [0.2, 0.25) is 0 Å². The molecule has 0 N–H and O–H groups in total. The predicted molar refractivity (Wildman–Crippen MR) is 92.8 cm³/mol. The highest BCUT2D eigenvalue weighted by molar-refractivity contribution is 7.97. The first-order valence-electron chi connectivity index (χ1n) is 7.22. The van der Waals surface area contributed by atoms with Crippen LogP contribution in [0.25, 0.3) is 0 Å². The molecule has 0 radical (unpaired) electrons. The first kappa shape index (κ1) is 18.1. The summed E-state index contributed by atoms with van der Waals surface area (Å²) in [6.07, 6.45) is 0. The van der Waals surface area contributed by atoms with E-state index in [0.717, 1.165) is 0 Å². The van der Waals surface area contributed by atoms with E-state index in [-0.39, 0.29) is 12.3 Å². The van der Waals surface area contributed by atoms with Crippen LogP contribution in [0.2, 0.25) is 0 Å². The maximum atomic E-state index is 9.75. The molecule has 0 fully saturated rings. The van der Waals surface area contributed by atoms with Gasteiger partial charge < -0.3 is 17.3 Å². The molecule has 0 unspecified atom stereocenters. The summed E-state index contributed by atoms with van der Waals surface area (Å²) in [6, 6.07) is 32.2. The van der Waals surface area contributed by atoms with Gasteiger partial charge in [-0.1, -0.05) is 54.6 Å². The number of halogens is 4. The quantitative estimate of drug-likeness (QED) is 0.300. The highest BCUT2D eigenvalue weighted by Gasteiger charge is 2.27. The standard InChI is InChI=1S/C18H15S.BF4/c1-4-10-16(11-5-1)19(17-12-6-2-7-13-17)18-14-8-3-9-15-18;2-1(3,4)5/h1-15H;/q+1;-1/p+1. The molecule has 0 aliphatic rings. The molecule has 0 heterocycles. The van der Waals surface area contributed by atoms with Crippen molar-refractivity contribution in [3.8, 4) is 0 Å². The van der Waals surface area contributed by atoms with Crippen LogP contribution in [0.3, 0.4) is 0 Å². The third kappa shape index (κ3) is 6.12. The van der Waals surface area contributed by atoms with Crippen LogP contribution >= 0.6 is 0 Å². The van der Waals surface area contributed by atoms with Crippen molar-refractivity contribution in [3.63, 3.8) is 0 Å². The number of benzene rings is 3. The first-order chi connectivity index (χ1) is 11.4. The topological polar surface area (TPSA) is 0 Å². The van der Waals surface area contributed by atoms with E-state index in [0.29, 0.717) is 0 Å². The third-order valence-electron chi connectivity index (χ3n) is 2.94. The second kappa shape index (κ2) is 8.59. The smallest absolute Gasteiger partial charge is 0.418 e. The summed E-state index contributed by atoms with van der Waals surface area (Å²) in [7, 11) is -6.01. The van der Waals surface area contributed by atoms with Crippen LogP contribution in [-0.2, 0) is 10.9 Å². The second-order valence-electron chi connectivity index (χ2n) is 4.74. The summed E-state index contributed by atoms with van der Waals surface area (Å²) in [5, 5.41) is 0. The minimum Gasteiger partial charge on any atom is -0.418 e. The minimum atomic E-state index is -6.00. The molecule has 0 atom stereocenters. The lowest BCUT2D eigenvalue weighted by Gasteiger charge is -2.07. The molecule has 124 valence electrons. The molecule has 3 aromatic carbocycles. The number of hydrogen-bond acceptors (Lipinski definition) is 0. The van der Waals surface area contributed by atoms with Crippen LogP contribution in [-0.4, -0.2) is 7.25 Å². The summed E-state index contributed by atoms with van der Waals surface area (Å²) in [5.74, 6) is 0. The van der Waals surface area contributed by atoms with Gasteiger partial charge in [0.15, 0.2) is 14.7 Å². The van der Waals surface area contributed by atoms with Gasteiger partial charge in [0, 0.05) is 0 Å². The van der Waals surface area contributed by atoms with E-state index in [1.54, 1.807) is 0 Å². The Morgan fingerprint density at radius 1 is 0.500 bits per heavy atom. The van der Waals surface area contributed by atoms with Gasteiger partial charge >= 0.3 is 8.68 Å². The Labute approximate surface area is 143 Å². The molecule has 24 heavy (non-hydrogen) atoms. The Kier molecular flexibility index (Phi) is 6.49. The molecule has 3 aromatic rings. The van der Waals surface area contributed by atoms with Gasteiger partial charge in [-0.2, -0.15) is 0 Å². The molecular formula is C18H16BF4S+. The van der Waals surface area contributed by atoms with Crippen LogP contribution in [0.5, 0.6) is 0 Å². The fraction of sp³-hybridized carbons (Fsp3) is 0. The summed E-state index contributed by atoms with van der Waals surface area (Å²) in [5.41, 5.74) is 0. The van der Waals surface area contributed by atoms with Crippen LogP contribution < -0.4 is 0 Å². The zero-order valence-electron chi connectivity index (χ0n) is 13.7. The number of rotatable bonds is 3. The minimum absolute atomic E-state index is 0. The molecule has 0 saturated carbocycles.